The minimum atomic E-state index is 0.0308. The van der Waals surface area contributed by atoms with Crippen molar-refractivity contribution in [2.24, 2.45) is 0 Å². The molecule has 0 radical (unpaired) electrons. The number of methoxy groups -OCH3 is 1. The Hall–Kier alpha value is -2.23. The molecule has 0 aliphatic rings. The minimum absolute atomic E-state index is 0.0308. The molecule has 0 bridgehead atoms. The summed E-state index contributed by atoms with van der Waals surface area (Å²) in [6.07, 6.45) is 1.91. The van der Waals surface area contributed by atoms with Crippen molar-refractivity contribution >= 4 is 16.6 Å². The van der Waals surface area contributed by atoms with Crippen LogP contribution in [0.15, 0.2) is 41.3 Å². The molecule has 4 heteroatoms. The number of aryl methyl sites for hydroxylation is 1. The van der Waals surface area contributed by atoms with Gasteiger partial charge in [0, 0.05) is 18.8 Å². The lowest BCUT2D eigenvalue weighted by Gasteiger charge is -2.11. The molecule has 18 heavy (non-hydrogen) atoms. The van der Waals surface area contributed by atoms with Crippen LogP contribution in [0.2, 0.25) is 0 Å². The van der Waals surface area contributed by atoms with E-state index in [0.717, 1.165) is 16.8 Å². The van der Waals surface area contributed by atoms with Crippen LogP contribution in [0.3, 0.4) is 0 Å². The Morgan fingerprint density at radius 2 is 2.00 bits per heavy atom. The summed E-state index contributed by atoms with van der Waals surface area (Å²) < 4.78 is 8.92. The van der Waals surface area contributed by atoms with Gasteiger partial charge in [0.15, 0.2) is 0 Å². The molecule has 0 amide bonds. The highest BCUT2D eigenvalue weighted by Gasteiger charge is 2.09. The van der Waals surface area contributed by atoms with Gasteiger partial charge >= 0.3 is 0 Å². The molecule has 1 aromatic carbocycles. The predicted octanol–water partition coefficient (Wildman–Crippen LogP) is 2.28. The minimum Gasteiger partial charge on any atom is -0.497 e. The molecule has 0 saturated carbocycles. The number of nitrogens with zero attached hydrogens (tertiary/aromatic N) is 2. The Bertz CT molecular complexity index is 783. The second-order valence-corrected chi connectivity index (χ2v) is 4.17. The summed E-state index contributed by atoms with van der Waals surface area (Å²) in [6.45, 7) is 2.62. The van der Waals surface area contributed by atoms with Crippen molar-refractivity contribution in [1.82, 2.24) is 8.97 Å². The van der Waals surface area contributed by atoms with Crippen LogP contribution >= 0.6 is 0 Å². The first-order valence-electron chi connectivity index (χ1n) is 5.94. The second kappa shape index (κ2) is 3.91. The van der Waals surface area contributed by atoms with Crippen LogP contribution in [0.4, 0.5) is 0 Å². The number of fused-ring (bicyclic) bond motifs is 3. The van der Waals surface area contributed by atoms with Crippen LogP contribution in [0.25, 0.3) is 16.6 Å². The SMILES string of the molecule is CCn1c(=O)c2cccn2c2ccc(OC)cc21. The molecule has 4 nitrogen and oxygen atoms in total. The van der Waals surface area contributed by atoms with E-state index in [9.17, 15) is 4.79 Å². The maximum Gasteiger partial charge on any atom is 0.275 e. The summed E-state index contributed by atoms with van der Waals surface area (Å²) in [4.78, 5) is 12.3. The van der Waals surface area contributed by atoms with Crippen molar-refractivity contribution in [3.05, 3.63) is 46.9 Å². The Labute approximate surface area is 104 Å². The summed E-state index contributed by atoms with van der Waals surface area (Å²) in [5, 5.41) is 0. The first-order valence-corrected chi connectivity index (χ1v) is 5.94. The van der Waals surface area contributed by atoms with Crippen molar-refractivity contribution in [3.8, 4) is 5.75 Å². The molecule has 0 N–H and O–H groups in total. The van der Waals surface area contributed by atoms with Crippen LogP contribution in [0, 0.1) is 0 Å². The molecule has 0 atom stereocenters. The number of hydrogen-bond donors (Lipinski definition) is 0. The number of ether oxygens (including phenoxy) is 1. The molecule has 2 aromatic heterocycles. The van der Waals surface area contributed by atoms with E-state index < -0.39 is 0 Å². The zero-order valence-corrected chi connectivity index (χ0v) is 10.4. The van der Waals surface area contributed by atoms with Crippen molar-refractivity contribution < 1.29 is 4.74 Å². The Morgan fingerprint density at radius 1 is 1.17 bits per heavy atom. The lowest BCUT2D eigenvalue weighted by Crippen LogP contribution is -2.21. The maximum absolute atomic E-state index is 12.3. The van der Waals surface area contributed by atoms with Crippen molar-refractivity contribution in [3.63, 3.8) is 0 Å². The molecule has 3 aromatic rings. The number of rotatable bonds is 2. The number of aromatic nitrogens is 2. The van der Waals surface area contributed by atoms with Gasteiger partial charge in [-0.3, -0.25) is 4.79 Å². The van der Waals surface area contributed by atoms with E-state index in [1.807, 2.05) is 47.9 Å². The highest BCUT2D eigenvalue weighted by Crippen LogP contribution is 2.21. The first kappa shape index (κ1) is 10.9. The fraction of sp³-hybridized carbons (Fsp3) is 0.214. The van der Waals surface area contributed by atoms with E-state index in [-0.39, 0.29) is 5.56 Å². The molecule has 0 spiro atoms. The van der Waals surface area contributed by atoms with E-state index in [1.165, 1.54) is 0 Å². The smallest absolute Gasteiger partial charge is 0.275 e. The number of benzene rings is 1. The van der Waals surface area contributed by atoms with Crippen molar-refractivity contribution in [2.75, 3.05) is 7.11 Å². The van der Waals surface area contributed by atoms with Crippen LogP contribution < -0.4 is 10.3 Å². The maximum atomic E-state index is 12.3. The predicted molar refractivity (Wildman–Crippen MR) is 71.4 cm³/mol. The van der Waals surface area contributed by atoms with Gasteiger partial charge in [-0.25, -0.2) is 0 Å². The van der Waals surface area contributed by atoms with Gasteiger partial charge in [-0.05, 0) is 31.2 Å². The lowest BCUT2D eigenvalue weighted by molar-refractivity contribution is 0.415. The average molecular weight is 242 g/mol. The Balaban J connectivity index is 2.57. The molecule has 92 valence electrons. The standard InChI is InChI=1S/C14H14N2O2/c1-3-15-13-9-10(18-2)6-7-11(13)16-8-4-5-12(16)14(15)17/h4-9H,3H2,1-2H3. The van der Waals surface area contributed by atoms with Gasteiger partial charge in [0.2, 0.25) is 0 Å². The first-order chi connectivity index (χ1) is 8.76. The quantitative estimate of drug-likeness (QED) is 0.691. The van der Waals surface area contributed by atoms with E-state index in [2.05, 4.69) is 0 Å². The number of hydrogen-bond acceptors (Lipinski definition) is 2. The molecular weight excluding hydrogens is 228 g/mol. The van der Waals surface area contributed by atoms with Gasteiger partial charge in [-0.15, -0.1) is 0 Å². The Kier molecular flexibility index (Phi) is 2.37. The van der Waals surface area contributed by atoms with Crippen molar-refractivity contribution in [2.45, 2.75) is 13.5 Å². The molecule has 2 heterocycles. The highest BCUT2D eigenvalue weighted by atomic mass is 16.5. The van der Waals surface area contributed by atoms with Crippen LogP contribution in [-0.2, 0) is 6.54 Å². The van der Waals surface area contributed by atoms with Crippen LogP contribution in [0.5, 0.6) is 5.75 Å². The molecule has 0 unspecified atom stereocenters. The second-order valence-electron chi connectivity index (χ2n) is 4.17. The molecule has 0 saturated heterocycles. The van der Waals surface area contributed by atoms with Gasteiger partial charge in [0.25, 0.3) is 5.56 Å². The average Bonchev–Trinajstić information content (AvgIpc) is 2.88. The highest BCUT2D eigenvalue weighted by molar-refractivity contribution is 5.80. The summed E-state index contributed by atoms with van der Waals surface area (Å²) in [6, 6.07) is 9.53. The van der Waals surface area contributed by atoms with Gasteiger partial charge in [0.1, 0.15) is 11.3 Å². The fourth-order valence-corrected chi connectivity index (χ4v) is 2.38. The van der Waals surface area contributed by atoms with E-state index in [0.29, 0.717) is 12.1 Å². The lowest BCUT2D eigenvalue weighted by atomic mass is 10.2. The molecule has 0 aliphatic heterocycles. The topological polar surface area (TPSA) is 35.6 Å². The van der Waals surface area contributed by atoms with Gasteiger partial charge in [0.05, 0.1) is 18.1 Å². The molecule has 3 rings (SSSR count). The largest absolute Gasteiger partial charge is 0.497 e. The summed E-state index contributed by atoms with van der Waals surface area (Å²) in [5.74, 6) is 0.760. The van der Waals surface area contributed by atoms with Gasteiger partial charge < -0.3 is 13.7 Å². The van der Waals surface area contributed by atoms with Gasteiger partial charge in [-0.1, -0.05) is 0 Å². The summed E-state index contributed by atoms with van der Waals surface area (Å²) >= 11 is 0. The Morgan fingerprint density at radius 3 is 2.72 bits per heavy atom. The van der Waals surface area contributed by atoms with Crippen LogP contribution in [0.1, 0.15) is 6.92 Å². The normalized spacial score (nSPS) is 11.2. The fourth-order valence-electron chi connectivity index (χ4n) is 2.38. The third-order valence-corrected chi connectivity index (χ3v) is 3.26. The summed E-state index contributed by atoms with van der Waals surface area (Å²) in [5.41, 5.74) is 2.64. The zero-order chi connectivity index (χ0) is 12.7. The molecule has 0 aliphatic carbocycles. The van der Waals surface area contributed by atoms with Crippen LogP contribution in [-0.4, -0.2) is 16.1 Å². The summed E-state index contributed by atoms with van der Waals surface area (Å²) in [7, 11) is 1.63. The van der Waals surface area contributed by atoms with Crippen molar-refractivity contribution in [1.29, 1.82) is 0 Å². The molecular formula is C14H14N2O2. The van der Waals surface area contributed by atoms with E-state index in [4.69, 9.17) is 4.74 Å². The van der Waals surface area contributed by atoms with E-state index in [1.54, 1.807) is 11.7 Å². The van der Waals surface area contributed by atoms with Gasteiger partial charge in [-0.2, -0.15) is 0 Å². The van der Waals surface area contributed by atoms with E-state index >= 15 is 0 Å². The monoisotopic (exact) mass is 242 g/mol. The third-order valence-electron chi connectivity index (χ3n) is 3.26. The molecule has 0 fully saturated rings. The third kappa shape index (κ3) is 1.35. The zero-order valence-electron chi connectivity index (χ0n) is 10.4.